The van der Waals surface area contributed by atoms with E-state index in [0.717, 1.165) is 18.8 Å². The molecule has 0 radical (unpaired) electrons. The van der Waals surface area contributed by atoms with E-state index in [0.29, 0.717) is 12.6 Å². The third-order valence-electron chi connectivity index (χ3n) is 3.08. The molecule has 1 fully saturated rings. The van der Waals surface area contributed by atoms with Crippen molar-refractivity contribution in [2.24, 2.45) is 0 Å². The van der Waals surface area contributed by atoms with E-state index in [-0.39, 0.29) is 5.56 Å². The highest BCUT2D eigenvalue weighted by Crippen LogP contribution is 2.27. The first-order valence-corrected chi connectivity index (χ1v) is 6.12. The summed E-state index contributed by atoms with van der Waals surface area (Å²) in [7, 11) is 1.70. The van der Waals surface area contributed by atoms with Gasteiger partial charge in [-0.05, 0) is 25.0 Å². The molecule has 0 atom stereocenters. The summed E-state index contributed by atoms with van der Waals surface area (Å²) in [4.78, 5) is 17.3. The number of ether oxygens (including phenoxy) is 1. The fraction of sp³-hybridized carbons (Fsp3) is 0.538. The zero-order valence-electron chi connectivity index (χ0n) is 10.5. The number of carbonyl (C=O) groups is 1. The van der Waals surface area contributed by atoms with Gasteiger partial charge < -0.3 is 9.84 Å². The van der Waals surface area contributed by atoms with E-state index < -0.39 is 5.97 Å². The van der Waals surface area contributed by atoms with Gasteiger partial charge in [-0.2, -0.15) is 0 Å². The maximum atomic E-state index is 10.7. The van der Waals surface area contributed by atoms with Gasteiger partial charge in [0.05, 0.1) is 17.9 Å². The number of methoxy groups -OCH3 is 1. The van der Waals surface area contributed by atoms with Crippen LogP contribution in [0, 0.1) is 0 Å². The predicted molar refractivity (Wildman–Crippen MR) is 66.5 cm³/mol. The number of aromatic nitrogens is 1. The molecule has 0 saturated heterocycles. The minimum atomic E-state index is -0.938. The van der Waals surface area contributed by atoms with Gasteiger partial charge in [0.15, 0.2) is 0 Å². The molecule has 1 N–H and O–H groups in total. The van der Waals surface area contributed by atoms with Crippen LogP contribution in [0.4, 0.5) is 0 Å². The fourth-order valence-corrected chi connectivity index (χ4v) is 1.89. The zero-order chi connectivity index (χ0) is 13.0. The summed E-state index contributed by atoms with van der Waals surface area (Å²) in [6.45, 7) is 2.36. The number of nitrogens with zero attached hydrogens (tertiary/aromatic N) is 2. The molecule has 98 valence electrons. The van der Waals surface area contributed by atoms with E-state index in [9.17, 15) is 4.79 Å². The van der Waals surface area contributed by atoms with Gasteiger partial charge in [-0.3, -0.25) is 9.88 Å². The monoisotopic (exact) mass is 250 g/mol. The van der Waals surface area contributed by atoms with Crippen molar-refractivity contribution >= 4 is 5.97 Å². The molecule has 0 amide bonds. The van der Waals surface area contributed by atoms with E-state index in [1.165, 1.54) is 19.0 Å². The summed E-state index contributed by atoms with van der Waals surface area (Å²) in [5, 5.41) is 8.81. The average Bonchev–Trinajstić information content (AvgIpc) is 3.19. The van der Waals surface area contributed by atoms with Crippen LogP contribution in [0.5, 0.6) is 0 Å². The predicted octanol–water partition coefficient (Wildman–Crippen LogP) is 1.39. The van der Waals surface area contributed by atoms with Crippen molar-refractivity contribution in [3.8, 4) is 0 Å². The van der Waals surface area contributed by atoms with Crippen LogP contribution in [0.25, 0.3) is 0 Å². The molecule has 1 aromatic heterocycles. The van der Waals surface area contributed by atoms with Crippen LogP contribution in [0.15, 0.2) is 18.3 Å². The molecule has 5 nitrogen and oxygen atoms in total. The van der Waals surface area contributed by atoms with Crippen molar-refractivity contribution in [3.63, 3.8) is 0 Å². The van der Waals surface area contributed by atoms with Gasteiger partial charge >= 0.3 is 5.97 Å². The number of rotatable bonds is 7. The molecule has 1 saturated carbocycles. The highest BCUT2D eigenvalue weighted by molar-refractivity contribution is 5.87. The van der Waals surface area contributed by atoms with E-state index in [4.69, 9.17) is 9.84 Å². The van der Waals surface area contributed by atoms with Crippen molar-refractivity contribution in [2.75, 3.05) is 20.3 Å². The van der Waals surface area contributed by atoms with E-state index in [1.54, 1.807) is 19.2 Å². The lowest BCUT2D eigenvalue weighted by molar-refractivity contribution is 0.0696. The largest absolute Gasteiger partial charge is 0.478 e. The van der Waals surface area contributed by atoms with E-state index in [2.05, 4.69) is 9.88 Å². The van der Waals surface area contributed by atoms with Crippen molar-refractivity contribution in [2.45, 2.75) is 25.4 Å². The summed E-state index contributed by atoms with van der Waals surface area (Å²) in [5.41, 5.74) is 1.14. The highest BCUT2D eigenvalue weighted by Gasteiger charge is 2.28. The zero-order valence-corrected chi connectivity index (χ0v) is 10.5. The molecule has 1 aliphatic carbocycles. The lowest BCUT2D eigenvalue weighted by atomic mass is 10.2. The molecule has 0 spiro atoms. The summed E-state index contributed by atoms with van der Waals surface area (Å²) >= 11 is 0. The second-order valence-corrected chi connectivity index (χ2v) is 4.54. The molecular formula is C13H18N2O3. The van der Waals surface area contributed by atoms with Gasteiger partial charge in [0.2, 0.25) is 0 Å². The van der Waals surface area contributed by atoms with Gasteiger partial charge in [-0.25, -0.2) is 4.79 Å². The first-order valence-electron chi connectivity index (χ1n) is 6.12. The molecular weight excluding hydrogens is 232 g/mol. The minimum absolute atomic E-state index is 0.230. The van der Waals surface area contributed by atoms with Crippen molar-refractivity contribution in [1.29, 1.82) is 0 Å². The Morgan fingerprint density at radius 2 is 2.33 bits per heavy atom. The van der Waals surface area contributed by atoms with Crippen LogP contribution >= 0.6 is 0 Å². The normalized spacial score (nSPS) is 15.0. The van der Waals surface area contributed by atoms with Crippen LogP contribution in [-0.4, -0.2) is 47.3 Å². The first kappa shape index (κ1) is 13.0. The maximum Gasteiger partial charge on any atom is 0.337 e. The van der Waals surface area contributed by atoms with Crippen LogP contribution in [0.1, 0.15) is 28.9 Å². The summed E-state index contributed by atoms with van der Waals surface area (Å²) < 4.78 is 5.10. The third-order valence-corrected chi connectivity index (χ3v) is 3.08. The van der Waals surface area contributed by atoms with Gasteiger partial charge in [-0.1, -0.05) is 0 Å². The number of aromatic carboxylic acids is 1. The topological polar surface area (TPSA) is 62.7 Å². The Hall–Kier alpha value is -1.46. The number of carboxylic acids is 1. The molecule has 1 aliphatic rings. The SMILES string of the molecule is COCCN(Cc1ccc(C(=O)O)cn1)C1CC1. The smallest absolute Gasteiger partial charge is 0.337 e. The molecule has 1 aromatic rings. The van der Waals surface area contributed by atoms with Gasteiger partial charge in [0.25, 0.3) is 0 Å². The van der Waals surface area contributed by atoms with Crippen molar-refractivity contribution < 1.29 is 14.6 Å². The first-order chi connectivity index (χ1) is 8.70. The van der Waals surface area contributed by atoms with Crippen molar-refractivity contribution in [3.05, 3.63) is 29.6 Å². The third kappa shape index (κ3) is 3.51. The number of hydrogen-bond donors (Lipinski definition) is 1. The molecule has 0 unspecified atom stereocenters. The highest BCUT2D eigenvalue weighted by atomic mass is 16.5. The summed E-state index contributed by atoms with van der Waals surface area (Å²) in [6, 6.07) is 4.03. The number of pyridine rings is 1. The van der Waals surface area contributed by atoms with Gasteiger partial charge in [0.1, 0.15) is 0 Å². The molecule has 0 bridgehead atoms. The molecule has 5 heteroatoms. The number of hydrogen-bond acceptors (Lipinski definition) is 4. The Morgan fingerprint density at radius 3 is 2.83 bits per heavy atom. The van der Waals surface area contributed by atoms with Crippen LogP contribution in [0.3, 0.4) is 0 Å². The molecule has 18 heavy (non-hydrogen) atoms. The van der Waals surface area contributed by atoms with Gasteiger partial charge in [0, 0.05) is 32.4 Å². The quantitative estimate of drug-likeness (QED) is 0.792. The lowest BCUT2D eigenvalue weighted by Crippen LogP contribution is -2.29. The fourth-order valence-electron chi connectivity index (χ4n) is 1.89. The van der Waals surface area contributed by atoms with Crippen LogP contribution in [0.2, 0.25) is 0 Å². The maximum absolute atomic E-state index is 10.7. The van der Waals surface area contributed by atoms with Crippen molar-refractivity contribution in [1.82, 2.24) is 9.88 Å². The van der Waals surface area contributed by atoms with E-state index >= 15 is 0 Å². The Kier molecular flexibility index (Phi) is 4.28. The van der Waals surface area contributed by atoms with E-state index in [1.807, 2.05) is 0 Å². The second-order valence-electron chi connectivity index (χ2n) is 4.54. The minimum Gasteiger partial charge on any atom is -0.478 e. The lowest BCUT2D eigenvalue weighted by Gasteiger charge is -2.20. The van der Waals surface area contributed by atoms with Gasteiger partial charge in [-0.15, -0.1) is 0 Å². The molecule has 0 aromatic carbocycles. The standard InChI is InChI=1S/C13H18N2O3/c1-18-7-6-15(12-4-5-12)9-11-3-2-10(8-14-11)13(16)17/h2-3,8,12H,4-7,9H2,1H3,(H,16,17). The Bertz CT molecular complexity index is 401. The summed E-state index contributed by atoms with van der Waals surface area (Å²) in [5.74, 6) is -0.938. The Morgan fingerprint density at radius 1 is 1.56 bits per heavy atom. The number of carboxylic acid groups (broad SMARTS) is 1. The molecule has 1 heterocycles. The average molecular weight is 250 g/mol. The second kappa shape index (κ2) is 5.93. The Balaban J connectivity index is 1.95. The molecule has 0 aliphatic heterocycles. The molecule has 2 rings (SSSR count). The Labute approximate surface area is 106 Å². The van der Waals surface area contributed by atoms with Crippen LogP contribution in [-0.2, 0) is 11.3 Å². The summed E-state index contributed by atoms with van der Waals surface area (Å²) in [6.07, 6.45) is 3.88. The van der Waals surface area contributed by atoms with Crippen LogP contribution < -0.4 is 0 Å².